The molecule has 0 saturated carbocycles. The molecule has 26 heavy (non-hydrogen) atoms. The molecule has 144 valence electrons. The van der Waals surface area contributed by atoms with E-state index in [0.717, 1.165) is 38.0 Å². The summed E-state index contributed by atoms with van der Waals surface area (Å²) in [5.74, 6) is 0.948. The van der Waals surface area contributed by atoms with Crippen molar-refractivity contribution in [2.45, 2.75) is 37.8 Å². The lowest BCUT2D eigenvalue weighted by Gasteiger charge is -2.43. The SMILES string of the molecule is COc1cccc(N2CCN(C3CCN(CC4CCCO4)CC3)CC2)c1. The van der Waals surface area contributed by atoms with Crippen LogP contribution in [0.25, 0.3) is 0 Å². The van der Waals surface area contributed by atoms with Crippen LogP contribution in [-0.2, 0) is 4.74 Å². The molecule has 0 spiro atoms. The topological polar surface area (TPSA) is 28.2 Å². The molecule has 4 rings (SSSR count). The minimum absolute atomic E-state index is 0.498. The van der Waals surface area contributed by atoms with Crippen molar-refractivity contribution in [2.75, 3.05) is 64.4 Å². The van der Waals surface area contributed by atoms with Crippen LogP contribution >= 0.6 is 0 Å². The molecule has 3 fully saturated rings. The Labute approximate surface area is 157 Å². The Morgan fingerprint density at radius 2 is 1.85 bits per heavy atom. The maximum Gasteiger partial charge on any atom is 0.120 e. The summed E-state index contributed by atoms with van der Waals surface area (Å²) in [4.78, 5) is 7.84. The number of rotatable bonds is 5. The van der Waals surface area contributed by atoms with E-state index in [1.807, 2.05) is 6.07 Å². The zero-order chi connectivity index (χ0) is 17.8. The van der Waals surface area contributed by atoms with Gasteiger partial charge in [-0.2, -0.15) is 0 Å². The Morgan fingerprint density at radius 1 is 1.04 bits per heavy atom. The molecule has 3 aliphatic heterocycles. The van der Waals surface area contributed by atoms with Gasteiger partial charge in [0.25, 0.3) is 0 Å². The van der Waals surface area contributed by atoms with Gasteiger partial charge in [0.2, 0.25) is 0 Å². The molecule has 0 N–H and O–H groups in total. The van der Waals surface area contributed by atoms with Crippen LogP contribution in [0.2, 0.25) is 0 Å². The summed E-state index contributed by atoms with van der Waals surface area (Å²) in [5, 5.41) is 0. The number of methoxy groups -OCH3 is 1. The molecule has 0 aliphatic carbocycles. The lowest BCUT2D eigenvalue weighted by atomic mass is 10.0. The maximum absolute atomic E-state index is 5.80. The second-order valence-electron chi connectivity index (χ2n) is 7.89. The zero-order valence-corrected chi connectivity index (χ0v) is 16.1. The van der Waals surface area contributed by atoms with Gasteiger partial charge in [0.05, 0.1) is 13.2 Å². The Kier molecular flexibility index (Phi) is 5.98. The number of ether oxygens (including phenoxy) is 2. The Balaban J connectivity index is 1.22. The molecular weight excluding hydrogens is 326 g/mol. The summed E-state index contributed by atoms with van der Waals surface area (Å²) in [6.07, 6.45) is 5.63. The third kappa shape index (κ3) is 4.33. The second kappa shape index (κ2) is 8.59. The summed E-state index contributed by atoms with van der Waals surface area (Å²) in [6, 6.07) is 9.22. The normalized spacial score (nSPS) is 26.3. The zero-order valence-electron chi connectivity index (χ0n) is 16.1. The van der Waals surface area contributed by atoms with Crippen molar-refractivity contribution in [1.29, 1.82) is 0 Å². The maximum atomic E-state index is 5.80. The van der Waals surface area contributed by atoms with Gasteiger partial charge in [-0.1, -0.05) is 6.07 Å². The first kappa shape index (κ1) is 18.1. The number of hydrogen-bond acceptors (Lipinski definition) is 5. The highest BCUT2D eigenvalue weighted by atomic mass is 16.5. The third-order valence-electron chi connectivity index (χ3n) is 6.29. The van der Waals surface area contributed by atoms with Gasteiger partial charge in [0, 0.05) is 57.1 Å². The molecule has 1 unspecified atom stereocenters. The molecule has 3 saturated heterocycles. The highest BCUT2D eigenvalue weighted by Crippen LogP contribution is 2.25. The van der Waals surface area contributed by atoms with E-state index in [9.17, 15) is 0 Å². The summed E-state index contributed by atoms with van der Waals surface area (Å²) in [5.41, 5.74) is 1.29. The largest absolute Gasteiger partial charge is 0.497 e. The van der Waals surface area contributed by atoms with E-state index in [-0.39, 0.29) is 0 Å². The van der Waals surface area contributed by atoms with E-state index in [0.29, 0.717) is 6.10 Å². The van der Waals surface area contributed by atoms with Crippen LogP contribution in [0.4, 0.5) is 5.69 Å². The quantitative estimate of drug-likeness (QED) is 0.805. The van der Waals surface area contributed by atoms with Crippen molar-refractivity contribution in [3.63, 3.8) is 0 Å². The summed E-state index contributed by atoms with van der Waals surface area (Å²) in [6.45, 7) is 9.17. The number of piperazine rings is 1. The van der Waals surface area contributed by atoms with Crippen LogP contribution in [0.5, 0.6) is 5.75 Å². The number of hydrogen-bond donors (Lipinski definition) is 0. The minimum Gasteiger partial charge on any atom is -0.497 e. The summed E-state index contributed by atoms with van der Waals surface area (Å²) >= 11 is 0. The van der Waals surface area contributed by atoms with Crippen LogP contribution in [0.3, 0.4) is 0 Å². The van der Waals surface area contributed by atoms with E-state index < -0.39 is 0 Å². The number of piperidine rings is 1. The van der Waals surface area contributed by atoms with Crippen LogP contribution < -0.4 is 9.64 Å². The average molecular weight is 360 g/mol. The van der Waals surface area contributed by atoms with Gasteiger partial charge >= 0.3 is 0 Å². The van der Waals surface area contributed by atoms with E-state index in [1.54, 1.807) is 7.11 Å². The second-order valence-corrected chi connectivity index (χ2v) is 7.89. The lowest BCUT2D eigenvalue weighted by molar-refractivity contribution is 0.0470. The monoisotopic (exact) mass is 359 g/mol. The highest BCUT2D eigenvalue weighted by Gasteiger charge is 2.29. The van der Waals surface area contributed by atoms with Gasteiger partial charge in [0.15, 0.2) is 0 Å². The van der Waals surface area contributed by atoms with Gasteiger partial charge in [-0.25, -0.2) is 0 Å². The Morgan fingerprint density at radius 3 is 2.54 bits per heavy atom. The number of anilines is 1. The molecule has 1 aromatic rings. The predicted octanol–water partition coefficient (Wildman–Crippen LogP) is 2.46. The molecule has 0 bridgehead atoms. The first-order valence-corrected chi connectivity index (χ1v) is 10.3. The number of nitrogens with zero attached hydrogens (tertiary/aromatic N) is 3. The Bertz CT molecular complexity index is 560. The van der Waals surface area contributed by atoms with Gasteiger partial charge in [-0.3, -0.25) is 4.90 Å². The van der Waals surface area contributed by atoms with Crippen molar-refractivity contribution >= 4 is 5.69 Å². The van der Waals surface area contributed by atoms with Gasteiger partial charge in [-0.05, 0) is 50.9 Å². The van der Waals surface area contributed by atoms with Gasteiger partial charge in [0.1, 0.15) is 5.75 Å². The van der Waals surface area contributed by atoms with E-state index in [2.05, 4.69) is 32.9 Å². The molecule has 0 radical (unpaired) electrons. The molecule has 1 aromatic carbocycles. The van der Waals surface area contributed by atoms with Crippen molar-refractivity contribution in [3.05, 3.63) is 24.3 Å². The van der Waals surface area contributed by atoms with E-state index in [1.165, 1.54) is 57.5 Å². The molecule has 5 nitrogen and oxygen atoms in total. The minimum atomic E-state index is 0.498. The van der Waals surface area contributed by atoms with Crippen molar-refractivity contribution in [3.8, 4) is 5.75 Å². The fourth-order valence-corrected chi connectivity index (χ4v) is 4.70. The third-order valence-corrected chi connectivity index (χ3v) is 6.29. The molecular formula is C21H33N3O2. The standard InChI is InChI=1S/C21H33N3O2/c1-25-20-5-2-4-19(16-20)24-13-11-23(12-14-24)18-7-9-22(10-8-18)17-21-6-3-15-26-21/h2,4-5,16,18,21H,3,6-15,17H2,1H3. The van der Waals surface area contributed by atoms with Gasteiger partial charge < -0.3 is 19.3 Å². The molecule has 5 heteroatoms. The molecule has 3 aliphatic rings. The molecule has 1 atom stereocenters. The first-order chi connectivity index (χ1) is 12.8. The van der Waals surface area contributed by atoms with E-state index >= 15 is 0 Å². The van der Waals surface area contributed by atoms with Gasteiger partial charge in [-0.15, -0.1) is 0 Å². The average Bonchev–Trinajstić information content (AvgIpc) is 3.22. The Hall–Kier alpha value is -1.30. The van der Waals surface area contributed by atoms with Crippen molar-refractivity contribution in [2.24, 2.45) is 0 Å². The van der Waals surface area contributed by atoms with Crippen LogP contribution in [0.15, 0.2) is 24.3 Å². The van der Waals surface area contributed by atoms with Crippen LogP contribution in [0, 0.1) is 0 Å². The summed E-state index contributed by atoms with van der Waals surface area (Å²) < 4.78 is 11.2. The first-order valence-electron chi connectivity index (χ1n) is 10.3. The van der Waals surface area contributed by atoms with E-state index in [4.69, 9.17) is 9.47 Å². The number of likely N-dealkylation sites (tertiary alicyclic amines) is 1. The predicted molar refractivity (Wildman–Crippen MR) is 105 cm³/mol. The smallest absolute Gasteiger partial charge is 0.120 e. The molecule has 0 amide bonds. The fourth-order valence-electron chi connectivity index (χ4n) is 4.70. The molecule has 3 heterocycles. The van der Waals surface area contributed by atoms with Crippen LogP contribution in [0.1, 0.15) is 25.7 Å². The van der Waals surface area contributed by atoms with Crippen molar-refractivity contribution < 1.29 is 9.47 Å². The lowest BCUT2D eigenvalue weighted by Crippen LogP contribution is -2.53. The van der Waals surface area contributed by atoms with Crippen molar-refractivity contribution in [1.82, 2.24) is 9.80 Å². The summed E-state index contributed by atoms with van der Waals surface area (Å²) in [7, 11) is 1.74. The van der Waals surface area contributed by atoms with Crippen LogP contribution in [-0.4, -0.2) is 81.5 Å². The highest BCUT2D eigenvalue weighted by molar-refractivity contribution is 5.51. The fraction of sp³-hybridized carbons (Fsp3) is 0.714. The number of benzene rings is 1. The molecule has 0 aromatic heterocycles.